The zero-order valence-corrected chi connectivity index (χ0v) is 10.4. The van der Waals surface area contributed by atoms with E-state index in [0.717, 1.165) is 0 Å². The van der Waals surface area contributed by atoms with Gasteiger partial charge in [0.05, 0.1) is 4.83 Å². The highest BCUT2D eigenvalue weighted by atomic mass is 79.9. The molecule has 0 aliphatic heterocycles. The van der Waals surface area contributed by atoms with Crippen LogP contribution in [0.4, 0.5) is 8.78 Å². The lowest BCUT2D eigenvalue weighted by molar-refractivity contribution is 0.0992. The molecule has 15 heavy (non-hydrogen) atoms. The van der Waals surface area contributed by atoms with Crippen LogP contribution < -0.4 is 0 Å². The molecule has 0 aromatic heterocycles. The van der Waals surface area contributed by atoms with Crippen LogP contribution in [-0.2, 0) is 0 Å². The minimum Gasteiger partial charge on any atom is -0.293 e. The summed E-state index contributed by atoms with van der Waals surface area (Å²) in [6, 6.07) is 4.20. The van der Waals surface area contributed by atoms with E-state index in [1.54, 1.807) is 6.92 Å². The molecule has 1 aromatic carbocycles. The summed E-state index contributed by atoms with van der Waals surface area (Å²) < 4.78 is 25.0. The highest BCUT2D eigenvalue weighted by molar-refractivity contribution is 9.10. The zero-order chi connectivity index (χ0) is 11.6. The van der Waals surface area contributed by atoms with E-state index in [1.807, 2.05) is 0 Å². The summed E-state index contributed by atoms with van der Waals surface area (Å²) in [6.45, 7) is 1.64. The normalized spacial score (nSPS) is 12.9. The number of carbonyl (C=O) groups excluding carboxylic acids is 1. The van der Waals surface area contributed by atoms with Gasteiger partial charge in [0.25, 0.3) is 6.43 Å². The Kier molecular flexibility index (Phi) is 4.28. The van der Waals surface area contributed by atoms with Crippen LogP contribution in [-0.4, -0.2) is 10.6 Å². The maximum absolute atomic E-state index is 12.5. The average Bonchev–Trinajstić information content (AvgIpc) is 2.16. The molecule has 0 spiro atoms. The Morgan fingerprint density at radius 3 is 2.53 bits per heavy atom. The monoisotopic (exact) mass is 294 g/mol. The number of hydrogen-bond donors (Lipinski definition) is 1. The van der Waals surface area contributed by atoms with E-state index >= 15 is 0 Å². The minimum absolute atomic E-state index is 0.0591. The van der Waals surface area contributed by atoms with Gasteiger partial charge in [0, 0.05) is 16.0 Å². The maximum Gasteiger partial charge on any atom is 0.264 e. The van der Waals surface area contributed by atoms with Crippen LogP contribution in [0.3, 0.4) is 0 Å². The predicted molar refractivity (Wildman–Crippen MR) is 61.4 cm³/mol. The number of rotatable bonds is 3. The van der Waals surface area contributed by atoms with Gasteiger partial charge in [0.1, 0.15) is 0 Å². The predicted octanol–water partition coefficient (Wildman–Crippen LogP) is 3.88. The molecular weight excluding hydrogens is 286 g/mol. The van der Waals surface area contributed by atoms with Gasteiger partial charge in [-0.2, -0.15) is 0 Å². The zero-order valence-electron chi connectivity index (χ0n) is 7.88. The lowest BCUT2D eigenvalue weighted by Gasteiger charge is -2.09. The van der Waals surface area contributed by atoms with Crippen molar-refractivity contribution < 1.29 is 13.6 Å². The Balaban J connectivity index is 3.21. The molecule has 1 nitrogen and oxygen atoms in total. The number of alkyl halides is 3. The maximum atomic E-state index is 12.5. The van der Waals surface area contributed by atoms with E-state index in [0.29, 0.717) is 0 Å². The van der Waals surface area contributed by atoms with Crippen LogP contribution in [0, 0.1) is 0 Å². The second-order valence-corrected chi connectivity index (χ2v) is 4.85. The highest BCUT2D eigenvalue weighted by Gasteiger charge is 2.19. The fourth-order valence-corrected chi connectivity index (χ4v) is 1.75. The number of halogens is 3. The summed E-state index contributed by atoms with van der Waals surface area (Å²) in [5.74, 6) is -0.248. The molecule has 0 bridgehead atoms. The van der Waals surface area contributed by atoms with Crippen molar-refractivity contribution in [2.24, 2.45) is 0 Å². The molecule has 5 heteroatoms. The second-order valence-electron chi connectivity index (χ2n) is 3.02. The molecule has 0 heterocycles. The number of ketones is 1. The topological polar surface area (TPSA) is 17.1 Å². The minimum atomic E-state index is -2.61. The van der Waals surface area contributed by atoms with Gasteiger partial charge >= 0.3 is 0 Å². The Hall–Kier alpha value is -0.420. The van der Waals surface area contributed by atoms with Gasteiger partial charge in [-0.15, -0.1) is 12.6 Å². The average molecular weight is 295 g/mol. The molecule has 0 radical (unpaired) electrons. The summed E-state index contributed by atoms with van der Waals surface area (Å²) >= 11 is 7.06. The van der Waals surface area contributed by atoms with E-state index in [9.17, 15) is 13.6 Å². The molecule has 0 fully saturated rings. The molecule has 1 unspecified atom stereocenters. The molecule has 82 valence electrons. The summed E-state index contributed by atoms with van der Waals surface area (Å²) in [4.78, 5) is 11.3. The molecule has 0 saturated heterocycles. The Morgan fingerprint density at radius 2 is 2.07 bits per heavy atom. The first-order chi connectivity index (χ1) is 6.95. The molecule has 0 aliphatic rings. The van der Waals surface area contributed by atoms with Crippen LogP contribution in [0.25, 0.3) is 0 Å². The van der Waals surface area contributed by atoms with Crippen LogP contribution in [0.5, 0.6) is 0 Å². The van der Waals surface area contributed by atoms with E-state index in [4.69, 9.17) is 0 Å². The highest BCUT2D eigenvalue weighted by Crippen LogP contribution is 2.29. The first-order valence-corrected chi connectivity index (χ1v) is 5.59. The number of carbonyl (C=O) groups is 1. The fraction of sp³-hybridized carbons (Fsp3) is 0.300. The summed E-state index contributed by atoms with van der Waals surface area (Å²) in [5.41, 5.74) is 0.0119. The van der Waals surface area contributed by atoms with Gasteiger partial charge in [0.2, 0.25) is 0 Å². The lowest BCUT2D eigenvalue weighted by Crippen LogP contribution is -2.11. The van der Waals surface area contributed by atoms with Crippen molar-refractivity contribution in [3.63, 3.8) is 0 Å². The summed E-state index contributed by atoms with van der Waals surface area (Å²) in [5, 5.41) is 0. The van der Waals surface area contributed by atoms with Crippen LogP contribution >= 0.6 is 28.6 Å². The molecule has 0 saturated carbocycles. The van der Waals surface area contributed by atoms with Crippen molar-refractivity contribution in [2.75, 3.05) is 0 Å². The van der Waals surface area contributed by atoms with Gasteiger partial charge in [-0.1, -0.05) is 34.1 Å². The van der Waals surface area contributed by atoms with Crippen LogP contribution in [0.1, 0.15) is 29.3 Å². The van der Waals surface area contributed by atoms with Crippen LogP contribution in [0.2, 0.25) is 0 Å². The molecule has 0 amide bonds. The van der Waals surface area contributed by atoms with Gasteiger partial charge in [-0.3, -0.25) is 4.79 Å². The smallest absolute Gasteiger partial charge is 0.264 e. The quantitative estimate of drug-likeness (QED) is 0.509. The van der Waals surface area contributed by atoms with E-state index in [2.05, 4.69) is 28.6 Å². The van der Waals surface area contributed by atoms with Crippen molar-refractivity contribution in [2.45, 2.75) is 23.1 Å². The third-order valence-electron chi connectivity index (χ3n) is 1.93. The molecule has 0 N–H and O–H groups in total. The van der Waals surface area contributed by atoms with Crippen molar-refractivity contribution in [3.8, 4) is 0 Å². The van der Waals surface area contributed by atoms with Gasteiger partial charge in [-0.25, -0.2) is 8.78 Å². The van der Waals surface area contributed by atoms with Gasteiger partial charge in [0.15, 0.2) is 5.78 Å². The SMILES string of the molecule is CC(Br)C(=O)c1cccc(C(F)F)c1S. The van der Waals surface area contributed by atoms with E-state index in [1.165, 1.54) is 18.2 Å². The Labute approximate surface area is 100 Å². The second kappa shape index (κ2) is 5.07. The number of Topliss-reactive ketones (excluding diaryl/α,β-unsaturated/α-hetero) is 1. The fourth-order valence-electron chi connectivity index (χ4n) is 1.15. The largest absolute Gasteiger partial charge is 0.293 e. The molecule has 1 rings (SSSR count). The summed E-state index contributed by atoms with van der Waals surface area (Å²) in [6.07, 6.45) is -2.61. The standard InChI is InChI=1S/C10H9BrF2OS/c1-5(11)8(14)6-3-2-4-7(9(6)15)10(12)13/h2-5,10,15H,1H3. The molecule has 1 aromatic rings. The molecule has 1 atom stereocenters. The number of thiol groups is 1. The Bertz CT molecular complexity index is 380. The first kappa shape index (κ1) is 12.6. The van der Waals surface area contributed by atoms with E-state index in [-0.39, 0.29) is 21.8 Å². The number of hydrogen-bond acceptors (Lipinski definition) is 2. The Morgan fingerprint density at radius 1 is 1.47 bits per heavy atom. The number of benzene rings is 1. The summed E-state index contributed by atoms with van der Waals surface area (Å²) in [7, 11) is 0. The van der Waals surface area contributed by atoms with Gasteiger partial charge < -0.3 is 0 Å². The van der Waals surface area contributed by atoms with Gasteiger partial charge in [-0.05, 0) is 6.92 Å². The van der Waals surface area contributed by atoms with Crippen molar-refractivity contribution in [1.82, 2.24) is 0 Å². The van der Waals surface area contributed by atoms with Crippen LogP contribution in [0.15, 0.2) is 23.1 Å². The lowest BCUT2D eigenvalue weighted by atomic mass is 10.1. The molecular formula is C10H9BrF2OS. The van der Waals surface area contributed by atoms with Crippen molar-refractivity contribution in [1.29, 1.82) is 0 Å². The van der Waals surface area contributed by atoms with Crippen molar-refractivity contribution >= 4 is 34.3 Å². The first-order valence-electron chi connectivity index (χ1n) is 4.23. The third-order valence-corrected chi connectivity index (χ3v) is 2.84. The van der Waals surface area contributed by atoms with Crippen molar-refractivity contribution in [3.05, 3.63) is 29.3 Å². The molecule has 0 aliphatic carbocycles. The third kappa shape index (κ3) is 2.78. The van der Waals surface area contributed by atoms with E-state index < -0.39 is 11.3 Å².